The average Bonchev–Trinajstić information content (AvgIpc) is 2.89. The Morgan fingerprint density at radius 3 is 2.56 bits per heavy atom. The lowest BCUT2D eigenvalue weighted by molar-refractivity contribution is 0.351. The van der Waals surface area contributed by atoms with Crippen molar-refractivity contribution in [3.05, 3.63) is 0 Å². The standard InChI is InChI=1S/C12H21NO2S/c14-16(15)5-1-2-11(16)8-13-12-7-9-3-4-10(12)6-9/h9-13H,1-8H2. The molecule has 0 radical (unpaired) electrons. The Labute approximate surface area is 97.9 Å². The second kappa shape index (κ2) is 3.98. The fraction of sp³-hybridized carbons (Fsp3) is 1.00. The first-order valence-electron chi connectivity index (χ1n) is 6.60. The largest absolute Gasteiger partial charge is 0.312 e. The molecule has 0 aromatic rings. The summed E-state index contributed by atoms with van der Waals surface area (Å²) in [6.07, 6.45) is 7.18. The van der Waals surface area contributed by atoms with E-state index < -0.39 is 9.84 Å². The Hall–Kier alpha value is -0.0900. The Kier molecular flexibility index (Phi) is 2.75. The van der Waals surface area contributed by atoms with Gasteiger partial charge in [-0.2, -0.15) is 0 Å². The molecule has 4 heteroatoms. The minimum absolute atomic E-state index is 0.0911. The molecule has 0 amide bonds. The Bertz CT molecular complexity index is 365. The molecule has 1 N–H and O–H groups in total. The van der Waals surface area contributed by atoms with Crippen LogP contribution in [-0.2, 0) is 9.84 Å². The minimum Gasteiger partial charge on any atom is -0.312 e. The van der Waals surface area contributed by atoms with Crippen molar-refractivity contribution in [1.82, 2.24) is 5.32 Å². The number of hydrogen-bond acceptors (Lipinski definition) is 3. The average molecular weight is 243 g/mol. The van der Waals surface area contributed by atoms with E-state index in [0.29, 0.717) is 18.3 Å². The second-order valence-corrected chi connectivity index (χ2v) is 8.22. The molecule has 92 valence electrons. The quantitative estimate of drug-likeness (QED) is 0.813. The van der Waals surface area contributed by atoms with Gasteiger partial charge in [-0.15, -0.1) is 0 Å². The van der Waals surface area contributed by atoms with Crippen LogP contribution in [0.15, 0.2) is 0 Å². The van der Waals surface area contributed by atoms with Gasteiger partial charge >= 0.3 is 0 Å². The highest BCUT2D eigenvalue weighted by atomic mass is 32.2. The van der Waals surface area contributed by atoms with Crippen LogP contribution in [0.3, 0.4) is 0 Å². The van der Waals surface area contributed by atoms with Gasteiger partial charge in [0.05, 0.1) is 11.0 Å². The highest BCUT2D eigenvalue weighted by Crippen LogP contribution is 2.44. The van der Waals surface area contributed by atoms with Crippen LogP contribution in [0, 0.1) is 11.8 Å². The molecule has 1 heterocycles. The first-order chi connectivity index (χ1) is 7.65. The zero-order valence-electron chi connectivity index (χ0n) is 9.69. The Balaban J connectivity index is 1.54. The van der Waals surface area contributed by atoms with Gasteiger partial charge in [0.2, 0.25) is 0 Å². The number of hydrogen-bond donors (Lipinski definition) is 1. The van der Waals surface area contributed by atoms with Gasteiger partial charge in [0.15, 0.2) is 9.84 Å². The number of fused-ring (bicyclic) bond motifs is 2. The predicted octanol–water partition coefficient (Wildman–Crippen LogP) is 1.34. The van der Waals surface area contributed by atoms with Crippen molar-refractivity contribution < 1.29 is 8.42 Å². The fourth-order valence-corrected chi connectivity index (χ4v) is 5.64. The maximum Gasteiger partial charge on any atom is 0.154 e. The lowest BCUT2D eigenvalue weighted by Gasteiger charge is -2.24. The van der Waals surface area contributed by atoms with Crippen LogP contribution in [0.4, 0.5) is 0 Å². The lowest BCUT2D eigenvalue weighted by atomic mass is 9.95. The molecule has 0 aromatic heterocycles. The molecule has 2 bridgehead atoms. The van der Waals surface area contributed by atoms with E-state index in [1.165, 1.54) is 25.7 Å². The summed E-state index contributed by atoms with van der Waals surface area (Å²) in [6, 6.07) is 0.620. The van der Waals surface area contributed by atoms with Crippen LogP contribution in [0.5, 0.6) is 0 Å². The monoisotopic (exact) mass is 243 g/mol. The molecule has 1 saturated heterocycles. The van der Waals surface area contributed by atoms with E-state index in [2.05, 4.69) is 5.32 Å². The van der Waals surface area contributed by atoms with Crippen LogP contribution in [0.25, 0.3) is 0 Å². The number of nitrogens with one attached hydrogen (secondary N) is 1. The van der Waals surface area contributed by atoms with E-state index >= 15 is 0 Å². The first-order valence-corrected chi connectivity index (χ1v) is 8.31. The van der Waals surface area contributed by atoms with Crippen LogP contribution in [0.1, 0.15) is 38.5 Å². The minimum atomic E-state index is -2.75. The molecule has 3 rings (SSSR count). The molecular formula is C12H21NO2S. The Morgan fingerprint density at radius 1 is 1.12 bits per heavy atom. The summed E-state index contributed by atoms with van der Waals surface area (Å²) in [6.45, 7) is 0.705. The topological polar surface area (TPSA) is 46.2 Å². The molecule has 0 aromatic carbocycles. The fourth-order valence-electron chi connectivity index (χ4n) is 3.86. The molecule has 3 aliphatic rings. The van der Waals surface area contributed by atoms with Gasteiger partial charge in [0.1, 0.15) is 0 Å². The smallest absolute Gasteiger partial charge is 0.154 e. The van der Waals surface area contributed by atoms with Crippen molar-refractivity contribution in [2.45, 2.75) is 49.8 Å². The molecule has 3 nitrogen and oxygen atoms in total. The summed E-state index contributed by atoms with van der Waals surface area (Å²) in [5, 5.41) is 3.44. The van der Waals surface area contributed by atoms with Crippen LogP contribution < -0.4 is 5.32 Å². The summed E-state index contributed by atoms with van der Waals surface area (Å²) in [5.74, 6) is 2.19. The van der Waals surface area contributed by atoms with Crippen LogP contribution >= 0.6 is 0 Å². The van der Waals surface area contributed by atoms with Crippen molar-refractivity contribution in [2.75, 3.05) is 12.3 Å². The van der Waals surface area contributed by atoms with Gasteiger partial charge < -0.3 is 5.32 Å². The van der Waals surface area contributed by atoms with E-state index in [0.717, 1.165) is 24.7 Å². The van der Waals surface area contributed by atoms with E-state index in [9.17, 15) is 8.42 Å². The van der Waals surface area contributed by atoms with Crippen molar-refractivity contribution >= 4 is 9.84 Å². The maximum atomic E-state index is 11.7. The third kappa shape index (κ3) is 1.90. The molecule has 4 atom stereocenters. The summed E-state index contributed by atoms with van der Waals surface area (Å²) < 4.78 is 23.4. The molecular weight excluding hydrogens is 222 g/mol. The van der Waals surface area contributed by atoms with Crippen molar-refractivity contribution in [3.63, 3.8) is 0 Å². The second-order valence-electron chi connectivity index (χ2n) is 5.82. The van der Waals surface area contributed by atoms with E-state index in [4.69, 9.17) is 0 Å². The summed E-state index contributed by atoms with van der Waals surface area (Å²) in [7, 11) is -2.75. The summed E-state index contributed by atoms with van der Waals surface area (Å²) in [4.78, 5) is 0. The van der Waals surface area contributed by atoms with Crippen molar-refractivity contribution in [1.29, 1.82) is 0 Å². The summed E-state index contributed by atoms with van der Waals surface area (Å²) in [5.41, 5.74) is 0. The van der Waals surface area contributed by atoms with E-state index in [1.54, 1.807) is 0 Å². The van der Waals surface area contributed by atoms with Gasteiger partial charge in [-0.1, -0.05) is 6.42 Å². The van der Waals surface area contributed by atoms with Crippen molar-refractivity contribution in [3.8, 4) is 0 Å². The zero-order chi connectivity index (χ0) is 11.2. The molecule has 0 spiro atoms. The normalized spacial score (nSPS) is 45.2. The van der Waals surface area contributed by atoms with Gasteiger partial charge in [-0.3, -0.25) is 0 Å². The third-order valence-electron chi connectivity index (χ3n) is 4.81. The molecule has 16 heavy (non-hydrogen) atoms. The van der Waals surface area contributed by atoms with E-state index in [-0.39, 0.29) is 5.25 Å². The highest BCUT2D eigenvalue weighted by molar-refractivity contribution is 7.92. The number of rotatable bonds is 3. The molecule has 3 fully saturated rings. The lowest BCUT2D eigenvalue weighted by Crippen LogP contribution is -2.40. The molecule has 4 unspecified atom stereocenters. The van der Waals surface area contributed by atoms with Gasteiger partial charge in [-0.25, -0.2) is 8.42 Å². The third-order valence-corrected chi connectivity index (χ3v) is 7.08. The summed E-state index contributed by atoms with van der Waals surface area (Å²) >= 11 is 0. The zero-order valence-corrected chi connectivity index (χ0v) is 10.5. The van der Waals surface area contributed by atoms with Gasteiger partial charge in [-0.05, 0) is 43.9 Å². The van der Waals surface area contributed by atoms with Crippen LogP contribution in [-0.4, -0.2) is 32.0 Å². The van der Waals surface area contributed by atoms with Gasteiger partial charge in [0, 0.05) is 12.6 Å². The highest BCUT2D eigenvalue weighted by Gasteiger charge is 2.40. The molecule has 2 aliphatic carbocycles. The number of sulfone groups is 1. The molecule has 1 aliphatic heterocycles. The van der Waals surface area contributed by atoms with E-state index in [1.807, 2.05) is 0 Å². The van der Waals surface area contributed by atoms with Crippen molar-refractivity contribution in [2.24, 2.45) is 11.8 Å². The van der Waals surface area contributed by atoms with Crippen LogP contribution in [0.2, 0.25) is 0 Å². The SMILES string of the molecule is O=S1(=O)CCCC1CNC1CC2CCC1C2. The predicted molar refractivity (Wildman–Crippen MR) is 64.0 cm³/mol. The molecule has 2 saturated carbocycles. The van der Waals surface area contributed by atoms with Gasteiger partial charge in [0.25, 0.3) is 0 Å². The maximum absolute atomic E-state index is 11.7. The first kappa shape index (κ1) is 11.0. The Morgan fingerprint density at radius 2 is 2.00 bits per heavy atom.